The van der Waals surface area contributed by atoms with Crippen molar-refractivity contribution in [1.29, 1.82) is 0 Å². The van der Waals surface area contributed by atoms with Crippen molar-refractivity contribution in [2.45, 2.75) is 19.3 Å². The van der Waals surface area contributed by atoms with Crippen LogP contribution in [0.25, 0.3) is 0 Å². The Bertz CT molecular complexity index is 819. The highest BCUT2D eigenvalue weighted by Gasteiger charge is 2.16. The van der Waals surface area contributed by atoms with E-state index in [9.17, 15) is 9.59 Å². The molecule has 2 aromatic rings. The molecule has 0 saturated carbocycles. The predicted molar refractivity (Wildman–Crippen MR) is 101 cm³/mol. The number of nitrogens with one attached hydrogen (secondary N) is 1. The fraction of sp³-hybridized carbons (Fsp3) is 0.316. The first-order valence-corrected chi connectivity index (χ1v) is 8.86. The number of hydrogen-bond acceptors (Lipinski definition) is 5. The first-order chi connectivity index (χ1) is 12.6. The normalized spacial score (nSPS) is 14.0. The second-order valence-electron chi connectivity index (χ2n) is 6.09. The molecule has 6 nitrogen and oxygen atoms in total. The van der Waals surface area contributed by atoms with Crippen LogP contribution in [0.1, 0.15) is 40.1 Å². The molecule has 136 valence electrons. The van der Waals surface area contributed by atoms with E-state index < -0.39 is 5.97 Å². The summed E-state index contributed by atoms with van der Waals surface area (Å²) < 4.78 is 4.69. The molecule has 2 heterocycles. The summed E-state index contributed by atoms with van der Waals surface area (Å²) in [4.78, 5) is 30.7. The molecule has 1 amide bonds. The molecule has 1 aromatic carbocycles. The number of halogens is 1. The molecule has 1 aliphatic heterocycles. The van der Waals surface area contributed by atoms with Gasteiger partial charge in [0, 0.05) is 25.0 Å². The topological polar surface area (TPSA) is 71.5 Å². The van der Waals surface area contributed by atoms with Gasteiger partial charge in [0.15, 0.2) is 0 Å². The lowest BCUT2D eigenvalue weighted by molar-refractivity contribution is 0.0600. The van der Waals surface area contributed by atoms with E-state index in [1.807, 2.05) is 6.07 Å². The summed E-state index contributed by atoms with van der Waals surface area (Å²) in [6, 6.07) is 8.26. The lowest BCUT2D eigenvalue weighted by Gasteiger charge is -2.28. The van der Waals surface area contributed by atoms with Crippen LogP contribution in [0.15, 0.2) is 36.5 Å². The Morgan fingerprint density at radius 1 is 1.15 bits per heavy atom. The van der Waals surface area contributed by atoms with Crippen LogP contribution in [0.5, 0.6) is 0 Å². The van der Waals surface area contributed by atoms with Crippen LogP contribution in [-0.4, -0.2) is 37.1 Å². The van der Waals surface area contributed by atoms with Crippen LogP contribution in [0.2, 0.25) is 5.02 Å². The van der Waals surface area contributed by atoms with Gasteiger partial charge in [-0.1, -0.05) is 11.6 Å². The summed E-state index contributed by atoms with van der Waals surface area (Å²) in [5.74, 6) is -0.879. The third kappa shape index (κ3) is 4.14. The zero-order valence-corrected chi connectivity index (χ0v) is 15.3. The number of pyridine rings is 1. The second kappa shape index (κ2) is 8.19. The zero-order valence-electron chi connectivity index (χ0n) is 14.5. The number of rotatable bonds is 4. The van der Waals surface area contributed by atoms with Gasteiger partial charge in [-0.2, -0.15) is 0 Å². The largest absolute Gasteiger partial charge is 0.465 e. The number of piperidine rings is 1. The standard InChI is InChI=1S/C19H20ClN3O3/c1-26-19(25)13-5-6-15(20)16(11-13)22-18(24)17-12-14(7-8-21-17)23-9-3-2-4-10-23/h5-8,11-12H,2-4,9-10H2,1H3,(H,22,24). The molecule has 0 unspecified atom stereocenters. The van der Waals surface area contributed by atoms with Crippen molar-refractivity contribution in [1.82, 2.24) is 4.98 Å². The Morgan fingerprint density at radius 2 is 1.92 bits per heavy atom. The molecular weight excluding hydrogens is 354 g/mol. The summed E-state index contributed by atoms with van der Waals surface area (Å²) in [6.07, 6.45) is 5.18. The quantitative estimate of drug-likeness (QED) is 0.826. The van der Waals surface area contributed by atoms with Crippen molar-refractivity contribution in [3.05, 3.63) is 52.8 Å². The Kier molecular flexibility index (Phi) is 5.73. The number of benzene rings is 1. The predicted octanol–water partition coefficient (Wildman–Crippen LogP) is 3.76. The minimum atomic E-state index is -0.498. The SMILES string of the molecule is COC(=O)c1ccc(Cl)c(NC(=O)c2cc(N3CCCCC3)ccn2)c1. The summed E-state index contributed by atoms with van der Waals surface area (Å²) >= 11 is 6.13. The van der Waals surface area contributed by atoms with E-state index in [0.29, 0.717) is 22.0 Å². The molecule has 0 atom stereocenters. The first-order valence-electron chi connectivity index (χ1n) is 8.48. The Morgan fingerprint density at radius 3 is 2.65 bits per heavy atom. The maximum Gasteiger partial charge on any atom is 0.337 e. The number of esters is 1. The molecule has 26 heavy (non-hydrogen) atoms. The van der Waals surface area contributed by atoms with Gasteiger partial charge in [0.05, 0.1) is 23.4 Å². The maximum absolute atomic E-state index is 12.6. The van der Waals surface area contributed by atoms with Crippen molar-refractivity contribution in [2.75, 3.05) is 30.4 Å². The van der Waals surface area contributed by atoms with E-state index in [1.54, 1.807) is 24.4 Å². The molecule has 0 spiro atoms. The maximum atomic E-state index is 12.6. The number of hydrogen-bond donors (Lipinski definition) is 1. The molecule has 7 heteroatoms. The number of amides is 1. The smallest absolute Gasteiger partial charge is 0.337 e. The average molecular weight is 374 g/mol. The monoisotopic (exact) mass is 373 g/mol. The lowest BCUT2D eigenvalue weighted by atomic mass is 10.1. The van der Waals surface area contributed by atoms with Gasteiger partial charge in [-0.15, -0.1) is 0 Å². The van der Waals surface area contributed by atoms with Crippen LogP contribution in [0.4, 0.5) is 11.4 Å². The highest BCUT2D eigenvalue weighted by Crippen LogP contribution is 2.25. The fourth-order valence-corrected chi connectivity index (χ4v) is 3.11. The van der Waals surface area contributed by atoms with Gasteiger partial charge in [-0.3, -0.25) is 9.78 Å². The van der Waals surface area contributed by atoms with E-state index in [1.165, 1.54) is 19.6 Å². The molecule has 0 bridgehead atoms. The third-order valence-corrected chi connectivity index (χ3v) is 4.66. The molecule has 0 radical (unpaired) electrons. The Labute approximate surface area is 157 Å². The summed E-state index contributed by atoms with van der Waals surface area (Å²) in [6.45, 7) is 1.97. The highest BCUT2D eigenvalue weighted by atomic mass is 35.5. The number of anilines is 2. The molecule has 0 aliphatic carbocycles. The number of carbonyl (C=O) groups excluding carboxylic acids is 2. The number of methoxy groups -OCH3 is 1. The van der Waals surface area contributed by atoms with E-state index in [4.69, 9.17) is 16.3 Å². The molecule has 1 fully saturated rings. The van der Waals surface area contributed by atoms with Crippen LogP contribution in [0, 0.1) is 0 Å². The molecule has 1 N–H and O–H groups in total. The van der Waals surface area contributed by atoms with Gasteiger partial charge < -0.3 is 15.0 Å². The first kappa shape index (κ1) is 18.2. The minimum absolute atomic E-state index is 0.299. The Balaban J connectivity index is 1.79. The van der Waals surface area contributed by atoms with Crippen LogP contribution in [-0.2, 0) is 4.74 Å². The van der Waals surface area contributed by atoms with Crippen LogP contribution < -0.4 is 10.2 Å². The van der Waals surface area contributed by atoms with Crippen molar-refractivity contribution in [3.8, 4) is 0 Å². The average Bonchev–Trinajstić information content (AvgIpc) is 2.69. The fourth-order valence-electron chi connectivity index (χ4n) is 2.94. The Hall–Kier alpha value is -2.60. The molecule has 1 aromatic heterocycles. The van der Waals surface area contributed by atoms with Crippen LogP contribution in [0.3, 0.4) is 0 Å². The summed E-state index contributed by atoms with van der Waals surface area (Å²) in [7, 11) is 1.30. The van der Waals surface area contributed by atoms with Gasteiger partial charge in [0.2, 0.25) is 0 Å². The zero-order chi connectivity index (χ0) is 18.5. The van der Waals surface area contributed by atoms with Crippen molar-refractivity contribution in [2.24, 2.45) is 0 Å². The number of nitrogens with zero attached hydrogens (tertiary/aromatic N) is 2. The van der Waals surface area contributed by atoms with Crippen molar-refractivity contribution >= 4 is 34.9 Å². The van der Waals surface area contributed by atoms with E-state index >= 15 is 0 Å². The van der Waals surface area contributed by atoms with Crippen molar-refractivity contribution in [3.63, 3.8) is 0 Å². The third-order valence-electron chi connectivity index (χ3n) is 4.33. The van der Waals surface area contributed by atoms with Crippen LogP contribution >= 0.6 is 11.6 Å². The highest BCUT2D eigenvalue weighted by molar-refractivity contribution is 6.34. The number of ether oxygens (including phenoxy) is 1. The second-order valence-corrected chi connectivity index (χ2v) is 6.49. The molecule has 3 rings (SSSR count). The number of carbonyl (C=O) groups is 2. The minimum Gasteiger partial charge on any atom is -0.465 e. The molecule has 1 saturated heterocycles. The van der Waals surface area contributed by atoms with Gasteiger partial charge in [-0.05, 0) is 49.6 Å². The lowest BCUT2D eigenvalue weighted by Crippen LogP contribution is -2.29. The van der Waals surface area contributed by atoms with Gasteiger partial charge >= 0.3 is 5.97 Å². The van der Waals surface area contributed by atoms with Gasteiger partial charge in [0.25, 0.3) is 5.91 Å². The van der Waals surface area contributed by atoms with Gasteiger partial charge in [0.1, 0.15) is 5.69 Å². The van der Waals surface area contributed by atoms with E-state index in [0.717, 1.165) is 31.6 Å². The summed E-state index contributed by atoms with van der Waals surface area (Å²) in [5.41, 5.74) is 1.93. The van der Waals surface area contributed by atoms with Gasteiger partial charge in [-0.25, -0.2) is 4.79 Å². The number of aromatic nitrogens is 1. The summed E-state index contributed by atoms with van der Waals surface area (Å²) in [5, 5.41) is 3.05. The van der Waals surface area contributed by atoms with E-state index in [2.05, 4.69) is 15.2 Å². The van der Waals surface area contributed by atoms with E-state index in [-0.39, 0.29) is 5.91 Å². The molecule has 1 aliphatic rings. The molecular formula is C19H20ClN3O3. The van der Waals surface area contributed by atoms with Crippen molar-refractivity contribution < 1.29 is 14.3 Å².